The molecular formula is C29H36N2O2. The fourth-order valence-electron chi connectivity index (χ4n) is 4.04. The van der Waals surface area contributed by atoms with Gasteiger partial charge >= 0.3 is 5.97 Å². The number of aryl methyl sites for hydroxylation is 1. The van der Waals surface area contributed by atoms with Crippen molar-refractivity contribution in [2.75, 3.05) is 0 Å². The molecule has 3 aromatic rings. The Morgan fingerprint density at radius 1 is 0.879 bits per heavy atom. The van der Waals surface area contributed by atoms with Crippen molar-refractivity contribution in [3.63, 3.8) is 0 Å². The molecule has 0 unspecified atom stereocenters. The Morgan fingerprint density at radius 3 is 2.18 bits per heavy atom. The third-order valence-corrected chi connectivity index (χ3v) is 6.33. The number of hydrogen-bond donors (Lipinski definition) is 1. The van der Waals surface area contributed by atoms with Crippen LogP contribution in [0.5, 0.6) is 0 Å². The third kappa shape index (κ3) is 6.98. The molecule has 0 fully saturated rings. The molecule has 0 radical (unpaired) electrons. The fourth-order valence-corrected chi connectivity index (χ4v) is 4.04. The average molecular weight is 445 g/mol. The molecule has 4 nitrogen and oxygen atoms in total. The minimum absolute atomic E-state index is 0.289. The maximum atomic E-state index is 11.9. The first-order valence-electron chi connectivity index (χ1n) is 12.3. The molecule has 33 heavy (non-hydrogen) atoms. The zero-order valence-corrected chi connectivity index (χ0v) is 20.2. The molecule has 1 aromatic heterocycles. The van der Waals surface area contributed by atoms with Crippen LogP contribution in [0.15, 0.2) is 54.9 Å². The molecule has 0 saturated heterocycles. The molecule has 1 atom stereocenters. The lowest BCUT2D eigenvalue weighted by Gasteiger charge is -2.12. The number of unbranched alkanes of at least 4 members (excludes halogenated alkanes) is 4. The number of hydrogen-bond acceptors (Lipinski definition) is 3. The van der Waals surface area contributed by atoms with Crippen molar-refractivity contribution in [1.29, 1.82) is 0 Å². The summed E-state index contributed by atoms with van der Waals surface area (Å²) in [7, 11) is 0. The Labute approximate surface area is 198 Å². The van der Waals surface area contributed by atoms with Gasteiger partial charge in [-0.1, -0.05) is 83.2 Å². The molecule has 1 N–H and O–H groups in total. The Hall–Kier alpha value is -3.01. The smallest absolute Gasteiger partial charge is 0.336 e. The normalized spacial score (nSPS) is 12.0. The van der Waals surface area contributed by atoms with Crippen molar-refractivity contribution in [2.45, 2.75) is 72.1 Å². The first-order valence-corrected chi connectivity index (χ1v) is 12.3. The number of carbonyl (C=O) groups is 1. The van der Waals surface area contributed by atoms with Crippen LogP contribution in [-0.4, -0.2) is 21.0 Å². The standard InChI is InChI=1S/C29H36N2O2/c1-4-6-7-8-9-10-23-19-30-28(31-20-23)25-15-16-26(29(32)33)27(18-25)24-13-11-22(12-14-24)17-21(3)5-2/h11-16,18-21H,4-10,17H2,1-3H3,(H,32,33)/t21-/m0/s1. The van der Waals surface area contributed by atoms with Gasteiger partial charge in [-0.05, 0) is 59.6 Å². The number of carboxylic acid groups (broad SMARTS) is 1. The fraction of sp³-hybridized carbons (Fsp3) is 0.414. The predicted molar refractivity (Wildman–Crippen MR) is 135 cm³/mol. The molecule has 4 heteroatoms. The van der Waals surface area contributed by atoms with Crippen molar-refractivity contribution in [3.8, 4) is 22.5 Å². The molecule has 0 aliphatic carbocycles. The van der Waals surface area contributed by atoms with E-state index in [0.29, 0.717) is 17.3 Å². The molecule has 3 rings (SSSR count). The molecule has 0 aliphatic rings. The van der Waals surface area contributed by atoms with Gasteiger partial charge in [0.1, 0.15) is 0 Å². The van der Waals surface area contributed by atoms with E-state index in [1.165, 1.54) is 31.2 Å². The highest BCUT2D eigenvalue weighted by atomic mass is 16.4. The summed E-state index contributed by atoms with van der Waals surface area (Å²) in [6, 6.07) is 13.6. The third-order valence-electron chi connectivity index (χ3n) is 6.33. The number of carboxylic acids is 1. The Bertz CT molecular complexity index is 1030. The van der Waals surface area contributed by atoms with E-state index < -0.39 is 5.97 Å². The Morgan fingerprint density at radius 2 is 1.55 bits per heavy atom. The lowest BCUT2D eigenvalue weighted by Crippen LogP contribution is -2.01. The van der Waals surface area contributed by atoms with Crippen LogP contribution in [0.1, 0.15) is 80.8 Å². The lowest BCUT2D eigenvalue weighted by molar-refractivity contribution is 0.0697. The molecule has 174 valence electrons. The highest BCUT2D eigenvalue weighted by molar-refractivity contribution is 5.97. The topological polar surface area (TPSA) is 63.1 Å². The van der Waals surface area contributed by atoms with E-state index in [9.17, 15) is 9.90 Å². The van der Waals surface area contributed by atoms with E-state index in [4.69, 9.17) is 0 Å². The van der Waals surface area contributed by atoms with E-state index in [-0.39, 0.29) is 5.56 Å². The average Bonchev–Trinajstić information content (AvgIpc) is 2.84. The summed E-state index contributed by atoms with van der Waals surface area (Å²) in [5.74, 6) is 0.320. The first-order chi connectivity index (χ1) is 16.0. The Balaban J connectivity index is 1.79. The quantitative estimate of drug-likeness (QED) is 0.292. The van der Waals surface area contributed by atoms with E-state index in [0.717, 1.165) is 42.4 Å². The molecule has 0 aliphatic heterocycles. The zero-order chi connectivity index (χ0) is 23.6. The summed E-state index contributed by atoms with van der Waals surface area (Å²) in [5, 5.41) is 9.74. The van der Waals surface area contributed by atoms with Crippen LogP contribution in [0.2, 0.25) is 0 Å². The van der Waals surface area contributed by atoms with Crippen LogP contribution in [0, 0.1) is 5.92 Å². The minimum Gasteiger partial charge on any atom is -0.478 e. The molecular weight excluding hydrogens is 408 g/mol. The molecule has 0 bridgehead atoms. The first kappa shape index (κ1) is 24.6. The van der Waals surface area contributed by atoms with Gasteiger partial charge in [-0.2, -0.15) is 0 Å². The van der Waals surface area contributed by atoms with Crippen LogP contribution in [0.4, 0.5) is 0 Å². The highest BCUT2D eigenvalue weighted by Crippen LogP contribution is 2.29. The molecule has 0 saturated carbocycles. The van der Waals surface area contributed by atoms with Gasteiger partial charge in [-0.25, -0.2) is 14.8 Å². The SMILES string of the molecule is CCCCCCCc1cnc(-c2ccc(C(=O)O)c(-c3ccc(C[C@@H](C)CC)cc3)c2)nc1. The number of aromatic carboxylic acids is 1. The van der Waals surface area contributed by atoms with Crippen molar-refractivity contribution < 1.29 is 9.90 Å². The van der Waals surface area contributed by atoms with Crippen molar-refractivity contribution in [3.05, 3.63) is 71.5 Å². The summed E-state index contributed by atoms with van der Waals surface area (Å²) in [4.78, 5) is 21.0. The highest BCUT2D eigenvalue weighted by Gasteiger charge is 2.14. The van der Waals surface area contributed by atoms with Gasteiger partial charge in [0, 0.05) is 18.0 Å². The molecule has 0 spiro atoms. The minimum atomic E-state index is -0.931. The van der Waals surface area contributed by atoms with E-state index in [1.807, 2.05) is 30.6 Å². The largest absolute Gasteiger partial charge is 0.478 e. The van der Waals surface area contributed by atoms with Crippen LogP contribution < -0.4 is 0 Å². The van der Waals surface area contributed by atoms with Gasteiger partial charge in [-0.3, -0.25) is 0 Å². The van der Waals surface area contributed by atoms with Gasteiger partial charge < -0.3 is 5.11 Å². The lowest BCUT2D eigenvalue weighted by atomic mass is 9.94. The van der Waals surface area contributed by atoms with Gasteiger partial charge in [-0.15, -0.1) is 0 Å². The van der Waals surface area contributed by atoms with Crippen LogP contribution in [0.25, 0.3) is 22.5 Å². The summed E-state index contributed by atoms with van der Waals surface area (Å²) in [6.07, 6.45) is 13.2. The monoisotopic (exact) mass is 444 g/mol. The second-order valence-corrected chi connectivity index (χ2v) is 9.06. The van der Waals surface area contributed by atoms with Gasteiger partial charge in [0.2, 0.25) is 0 Å². The number of nitrogens with zero attached hydrogens (tertiary/aromatic N) is 2. The van der Waals surface area contributed by atoms with E-state index in [1.54, 1.807) is 12.1 Å². The molecule has 2 aromatic carbocycles. The van der Waals surface area contributed by atoms with Gasteiger partial charge in [0.15, 0.2) is 5.82 Å². The number of aromatic nitrogens is 2. The van der Waals surface area contributed by atoms with Gasteiger partial charge in [0.05, 0.1) is 5.56 Å². The summed E-state index contributed by atoms with van der Waals surface area (Å²) in [6.45, 7) is 6.67. The molecule has 1 heterocycles. The molecule has 0 amide bonds. The maximum absolute atomic E-state index is 11.9. The van der Waals surface area contributed by atoms with Crippen LogP contribution in [-0.2, 0) is 12.8 Å². The van der Waals surface area contributed by atoms with Crippen LogP contribution >= 0.6 is 0 Å². The van der Waals surface area contributed by atoms with Crippen molar-refractivity contribution >= 4 is 5.97 Å². The van der Waals surface area contributed by atoms with E-state index in [2.05, 4.69) is 42.9 Å². The summed E-state index contributed by atoms with van der Waals surface area (Å²) >= 11 is 0. The zero-order valence-electron chi connectivity index (χ0n) is 20.2. The Kier molecular flexibility index (Phi) is 9.17. The van der Waals surface area contributed by atoms with Crippen LogP contribution in [0.3, 0.4) is 0 Å². The second-order valence-electron chi connectivity index (χ2n) is 9.06. The summed E-state index contributed by atoms with van der Waals surface area (Å²) < 4.78 is 0. The summed E-state index contributed by atoms with van der Waals surface area (Å²) in [5.41, 5.74) is 5.12. The number of rotatable bonds is 12. The maximum Gasteiger partial charge on any atom is 0.336 e. The van der Waals surface area contributed by atoms with Crippen molar-refractivity contribution in [1.82, 2.24) is 9.97 Å². The van der Waals surface area contributed by atoms with Gasteiger partial charge in [0.25, 0.3) is 0 Å². The predicted octanol–water partition coefficient (Wildman–Crippen LogP) is 7.61. The number of benzene rings is 2. The van der Waals surface area contributed by atoms with Crippen molar-refractivity contribution in [2.24, 2.45) is 5.92 Å². The second kappa shape index (κ2) is 12.3. The van der Waals surface area contributed by atoms with E-state index >= 15 is 0 Å².